The van der Waals surface area contributed by atoms with Gasteiger partial charge < -0.3 is 15.4 Å². The molecule has 2 amide bonds. The van der Waals surface area contributed by atoms with E-state index in [4.69, 9.17) is 16.3 Å². The van der Waals surface area contributed by atoms with Crippen molar-refractivity contribution >= 4 is 29.3 Å². The number of hydrogen-bond donors (Lipinski definition) is 2. The topological polar surface area (TPSA) is 67.4 Å². The van der Waals surface area contributed by atoms with Crippen molar-refractivity contribution in [2.24, 2.45) is 0 Å². The Morgan fingerprint density at radius 3 is 2.52 bits per heavy atom. The average Bonchev–Trinajstić information content (AvgIpc) is 2.31. The number of benzene rings is 1. The van der Waals surface area contributed by atoms with Gasteiger partial charge in [0.2, 0.25) is 5.91 Å². The molecule has 0 aliphatic rings. The molecule has 2 N–H and O–H groups in total. The number of anilines is 1. The summed E-state index contributed by atoms with van der Waals surface area (Å²) >= 11 is 5.98. The molecule has 0 heterocycles. The van der Waals surface area contributed by atoms with Crippen molar-refractivity contribution in [3.05, 3.63) is 28.8 Å². The molecule has 0 fully saturated rings. The van der Waals surface area contributed by atoms with Crippen molar-refractivity contribution in [3.8, 4) is 0 Å². The van der Waals surface area contributed by atoms with Crippen molar-refractivity contribution in [2.45, 2.75) is 39.7 Å². The molecule has 21 heavy (non-hydrogen) atoms. The Kier molecular flexibility index (Phi) is 6.03. The van der Waals surface area contributed by atoms with Crippen LogP contribution in [0.5, 0.6) is 0 Å². The summed E-state index contributed by atoms with van der Waals surface area (Å²) in [4.78, 5) is 23.1. The molecule has 6 heteroatoms. The van der Waals surface area contributed by atoms with Gasteiger partial charge in [-0.15, -0.1) is 0 Å². The normalized spacial score (nSPS) is 10.9. The van der Waals surface area contributed by atoms with E-state index in [0.717, 1.165) is 5.56 Å². The van der Waals surface area contributed by atoms with Crippen LogP contribution < -0.4 is 10.6 Å². The van der Waals surface area contributed by atoms with E-state index in [1.165, 1.54) is 0 Å². The van der Waals surface area contributed by atoms with E-state index in [1.807, 2.05) is 13.0 Å². The Labute approximate surface area is 130 Å². The van der Waals surface area contributed by atoms with Gasteiger partial charge in [-0.2, -0.15) is 0 Å². The molecule has 1 aromatic carbocycles. The fraction of sp³-hybridized carbons (Fsp3) is 0.467. The van der Waals surface area contributed by atoms with Gasteiger partial charge in [-0.3, -0.25) is 4.79 Å². The van der Waals surface area contributed by atoms with Crippen LogP contribution in [-0.4, -0.2) is 24.1 Å². The average molecular weight is 313 g/mol. The second-order valence-corrected chi connectivity index (χ2v) is 6.10. The Morgan fingerprint density at radius 2 is 1.95 bits per heavy atom. The molecule has 0 bridgehead atoms. The summed E-state index contributed by atoms with van der Waals surface area (Å²) in [5.74, 6) is -0.203. The summed E-state index contributed by atoms with van der Waals surface area (Å²) in [7, 11) is 0. The number of amides is 2. The number of alkyl carbamates (subject to hydrolysis) is 1. The number of carbonyl (C=O) groups is 2. The van der Waals surface area contributed by atoms with Crippen molar-refractivity contribution < 1.29 is 14.3 Å². The van der Waals surface area contributed by atoms with Crippen molar-refractivity contribution in [1.29, 1.82) is 0 Å². The standard InChI is InChI=1S/C15H21ClN2O3/c1-10-5-6-11(9-12(10)16)18-13(19)7-8-17-14(20)21-15(2,3)4/h5-6,9H,7-8H2,1-4H3,(H,17,20)(H,18,19). The SMILES string of the molecule is Cc1ccc(NC(=O)CCNC(=O)OC(C)(C)C)cc1Cl. The zero-order chi connectivity index (χ0) is 16.0. The van der Waals surface area contributed by atoms with Crippen LogP contribution in [0.4, 0.5) is 10.5 Å². The summed E-state index contributed by atoms with van der Waals surface area (Å²) < 4.78 is 5.07. The fourth-order valence-corrected chi connectivity index (χ4v) is 1.67. The minimum Gasteiger partial charge on any atom is -0.444 e. The van der Waals surface area contributed by atoms with E-state index in [2.05, 4.69) is 10.6 Å². The maximum Gasteiger partial charge on any atom is 0.407 e. The zero-order valence-corrected chi connectivity index (χ0v) is 13.5. The molecule has 0 aromatic heterocycles. The largest absolute Gasteiger partial charge is 0.444 e. The number of halogens is 1. The van der Waals surface area contributed by atoms with Gasteiger partial charge in [-0.1, -0.05) is 17.7 Å². The lowest BCUT2D eigenvalue weighted by Crippen LogP contribution is -2.34. The molecule has 116 valence electrons. The quantitative estimate of drug-likeness (QED) is 0.894. The highest BCUT2D eigenvalue weighted by atomic mass is 35.5. The highest BCUT2D eigenvalue weighted by Crippen LogP contribution is 2.19. The number of nitrogens with one attached hydrogen (secondary N) is 2. The van der Waals surface area contributed by atoms with Gasteiger partial charge in [0.05, 0.1) is 0 Å². The predicted molar refractivity (Wildman–Crippen MR) is 83.7 cm³/mol. The molecule has 0 aliphatic carbocycles. The first-order chi connectivity index (χ1) is 9.67. The maximum atomic E-state index is 11.7. The summed E-state index contributed by atoms with van der Waals surface area (Å²) in [6.45, 7) is 7.43. The van der Waals surface area contributed by atoms with Crippen LogP contribution in [0.3, 0.4) is 0 Å². The van der Waals surface area contributed by atoms with E-state index in [1.54, 1.807) is 32.9 Å². The minimum atomic E-state index is -0.551. The summed E-state index contributed by atoms with van der Waals surface area (Å²) in [6, 6.07) is 5.30. The molecule has 1 rings (SSSR count). The molecule has 0 saturated heterocycles. The number of ether oxygens (including phenoxy) is 1. The Bertz CT molecular complexity index is 524. The molecule has 0 aliphatic heterocycles. The van der Waals surface area contributed by atoms with Crippen LogP contribution in [-0.2, 0) is 9.53 Å². The monoisotopic (exact) mass is 312 g/mol. The molecule has 0 saturated carbocycles. The maximum absolute atomic E-state index is 11.7. The lowest BCUT2D eigenvalue weighted by atomic mass is 10.2. The first-order valence-electron chi connectivity index (χ1n) is 6.70. The predicted octanol–water partition coefficient (Wildman–Crippen LogP) is 3.50. The van der Waals surface area contributed by atoms with Gasteiger partial charge >= 0.3 is 6.09 Å². The van der Waals surface area contributed by atoms with Crippen LogP contribution in [0, 0.1) is 6.92 Å². The molecule has 0 atom stereocenters. The van der Waals surface area contributed by atoms with Crippen molar-refractivity contribution in [2.75, 3.05) is 11.9 Å². The molecular weight excluding hydrogens is 292 g/mol. The molecular formula is C15H21ClN2O3. The van der Waals surface area contributed by atoms with E-state index in [9.17, 15) is 9.59 Å². The lowest BCUT2D eigenvalue weighted by Gasteiger charge is -2.19. The first-order valence-corrected chi connectivity index (χ1v) is 7.08. The number of hydrogen-bond acceptors (Lipinski definition) is 3. The fourth-order valence-electron chi connectivity index (χ4n) is 1.49. The van der Waals surface area contributed by atoms with Crippen LogP contribution in [0.25, 0.3) is 0 Å². The van der Waals surface area contributed by atoms with Gasteiger partial charge in [0.25, 0.3) is 0 Å². The lowest BCUT2D eigenvalue weighted by molar-refractivity contribution is -0.116. The number of carbonyl (C=O) groups excluding carboxylic acids is 2. The molecule has 0 spiro atoms. The van der Waals surface area contributed by atoms with E-state index < -0.39 is 11.7 Å². The summed E-state index contributed by atoms with van der Waals surface area (Å²) in [5, 5.41) is 5.84. The second kappa shape index (κ2) is 7.31. The van der Waals surface area contributed by atoms with Gasteiger partial charge in [-0.05, 0) is 45.4 Å². The second-order valence-electron chi connectivity index (χ2n) is 5.69. The zero-order valence-electron chi connectivity index (χ0n) is 12.7. The van der Waals surface area contributed by atoms with Gasteiger partial charge in [0, 0.05) is 23.7 Å². The number of rotatable bonds is 4. The van der Waals surface area contributed by atoms with E-state index in [-0.39, 0.29) is 18.9 Å². The van der Waals surface area contributed by atoms with Crippen LogP contribution in [0.1, 0.15) is 32.8 Å². The van der Waals surface area contributed by atoms with E-state index >= 15 is 0 Å². The highest BCUT2D eigenvalue weighted by Gasteiger charge is 2.15. The van der Waals surface area contributed by atoms with Gasteiger partial charge in [-0.25, -0.2) is 4.79 Å². The Morgan fingerprint density at radius 1 is 1.29 bits per heavy atom. The molecule has 1 aromatic rings. The first kappa shape index (κ1) is 17.3. The van der Waals surface area contributed by atoms with Crippen LogP contribution in [0.15, 0.2) is 18.2 Å². The third-order valence-electron chi connectivity index (χ3n) is 2.48. The highest BCUT2D eigenvalue weighted by molar-refractivity contribution is 6.31. The van der Waals surface area contributed by atoms with Crippen molar-refractivity contribution in [3.63, 3.8) is 0 Å². The minimum absolute atomic E-state index is 0.157. The Hall–Kier alpha value is -1.75. The third-order valence-corrected chi connectivity index (χ3v) is 2.88. The number of aryl methyl sites for hydroxylation is 1. The smallest absolute Gasteiger partial charge is 0.407 e. The summed E-state index contributed by atoms with van der Waals surface area (Å²) in [6.07, 6.45) is -0.376. The van der Waals surface area contributed by atoms with Gasteiger partial charge in [0.15, 0.2) is 0 Å². The molecule has 5 nitrogen and oxygen atoms in total. The summed E-state index contributed by atoms with van der Waals surface area (Å²) in [5.41, 5.74) is 1.03. The Balaban J connectivity index is 2.34. The third kappa shape index (κ3) is 6.99. The van der Waals surface area contributed by atoms with Gasteiger partial charge in [0.1, 0.15) is 5.60 Å². The molecule has 0 unspecified atom stereocenters. The van der Waals surface area contributed by atoms with Crippen LogP contribution >= 0.6 is 11.6 Å². The van der Waals surface area contributed by atoms with E-state index in [0.29, 0.717) is 10.7 Å². The van der Waals surface area contributed by atoms with Crippen LogP contribution in [0.2, 0.25) is 5.02 Å². The molecule has 0 radical (unpaired) electrons. The van der Waals surface area contributed by atoms with Crippen molar-refractivity contribution in [1.82, 2.24) is 5.32 Å².